The van der Waals surface area contributed by atoms with E-state index in [0.29, 0.717) is 0 Å². The number of piperidine rings is 1. The maximum Gasteiger partial charge on any atom is 0.249 e. The monoisotopic (exact) mass is 312 g/mol. The number of likely N-dealkylation sites (tertiary alicyclic amines) is 1. The molecule has 1 aromatic rings. The molecule has 122 valence electrons. The molecule has 0 bridgehead atoms. The summed E-state index contributed by atoms with van der Waals surface area (Å²) in [7, 11) is 0. The van der Waals surface area contributed by atoms with Gasteiger partial charge >= 0.3 is 0 Å². The fraction of sp³-hybridized carbons (Fsp3) is 0.474. The van der Waals surface area contributed by atoms with E-state index in [1.54, 1.807) is 0 Å². The lowest BCUT2D eigenvalue weighted by molar-refractivity contribution is -0.128. The molecule has 1 saturated heterocycles. The molecule has 2 aliphatic rings. The van der Waals surface area contributed by atoms with Crippen LogP contribution in [-0.2, 0) is 9.59 Å². The number of hydrogen-bond donors (Lipinski definition) is 1. The van der Waals surface area contributed by atoms with E-state index in [1.807, 2.05) is 55.2 Å². The van der Waals surface area contributed by atoms with E-state index in [4.69, 9.17) is 0 Å². The van der Waals surface area contributed by atoms with Crippen LogP contribution in [0.5, 0.6) is 0 Å². The molecule has 2 fully saturated rings. The third-order valence-corrected chi connectivity index (χ3v) is 5.36. The molecule has 1 aliphatic carbocycles. The molecule has 1 aromatic carbocycles. The predicted molar refractivity (Wildman–Crippen MR) is 90.9 cm³/mol. The molecule has 4 nitrogen and oxygen atoms in total. The summed E-state index contributed by atoms with van der Waals surface area (Å²) in [6.07, 6.45) is 4.68. The number of para-hydroxylation sites is 1. The van der Waals surface area contributed by atoms with Gasteiger partial charge in [-0.15, -0.1) is 0 Å². The van der Waals surface area contributed by atoms with E-state index in [2.05, 4.69) is 5.32 Å². The third-order valence-electron chi connectivity index (χ3n) is 5.36. The molecular formula is C19H24N2O2. The summed E-state index contributed by atoms with van der Waals surface area (Å²) in [5.74, 6) is 0.358. The van der Waals surface area contributed by atoms with Gasteiger partial charge in [0.2, 0.25) is 11.8 Å². The van der Waals surface area contributed by atoms with Crippen molar-refractivity contribution < 1.29 is 9.59 Å². The Morgan fingerprint density at radius 1 is 1.22 bits per heavy atom. The number of amides is 2. The van der Waals surface area contributed by atoms with Crippen molar-refractivity contribution in [2.24, 2.45) is 11.3 Å². The smallest absolute Gasteiger partial charge is 0.249 e. The first-order valence-electron chi connectivity index (χ1n) is 8.34. The molecule has 1 aliphatic heterocycles. The third kappa shape index (κ3) is 3.16. The molecule has 4 heteroatoms. The minimum atomic E-state index is 0.0998. The molecule has 1 atom stereocenters. The Morgan fingerprint density at radius 2 is 1.87 bits per heavy atom. The lowest BCUT2D eigenvalue weighted by Crippen LogP contribution is -2.40. The lowest BCUT2D eigenvalue weighted by atomic mass is 9.90. The zero-order chi connectivity index (χ0) is 16.4. The van der Waals surface area contributed by atoms with E-state index >= 15 is 0 Å². The van der Waals surface area contributed by atoms with E-state index in [0.717, 1.165) is 43.6 Å². The number of carbonyl (C=O) groups is 2. The number of allylic oxidation sites excluding steroid dienone is 1. The SMILES string of the molecule is C/C=C(\C)C(=O)N1CCC2(CC1)CC2C(=O)Nc1ccccc1. The van der Waals surface area contributed by atoms with Gasteiger partial charge < -0.3 is 10.2 Å². The van der Waals surface area contributed by atoms with Crippen LogP contribution in [0.1, 0.15) is 33.1 Å². The highest BCUT2D eigenvalue weighted by Crippen LogP contribution is 2.59. The Kier molecular flexibility index (Phi) is 4.24. The average Bonchev–Trinajstić information content (AvgIpc) is 3.29. The van der Waals surface area contributed by atoms with Crippen LogP contribution in [0.4, 0.5) is 5.69 Å². The quantitative estimate of drug-likeness (QED) is 0.871. The zero-order valence-corrected chi connectivity index (χ0v) is 13.8. The zero-order valence-electron chi connectivity index (χ0n) is 13.8. The molecule has 23 heavy (non-hydrogen) atoms. The van der Waals surface area contributed by atoms with Gasteiger partial charge in [0.15, 0.2) is 0 Å². The summed E-state index contributed by atoms with van der Waals surface area (Å²) in [6.45, 7) is 5.28. The minimum absolute atomic E-state index is 0.0998. The minimum Gasteiger partial charge on any atom is -0.339 e. The van der Waals surface area contributed by atoms with E-state index < -0.39 is 0 Å². The van der Waals surface area contributed by atoms with Gasteiger partial charge in [0.05, 0.1) is 0 Å². The van der Waals surface area contributed by atoms with Crippen LogP contribution in [0, 0.1) is 11.3 Å². The predicted octanol–water partition coefficient (Wildman–Crippen LogP) is 3.22. The maximum atomic E-state index is 12.4. The van der Waals surface area contributed by atoms with Gasteiger partial charge in [-0.1, -0.05) is 24.3 Å². The van der Waals surface area contributed by atoms with Crippen LogP contribution in [0.2, 0.25) is 0 Å². The normalized spacial score (nSPS) is 22.8. The fourth-order valence-electron chi connectivity index (χ4n) is 3.55. The van der Waals surface area contributed by atoms with Gasteiger partial charge in [0.25, 0.3) is 0 Å². The fourth-order valence-corrected chi connectivity index (χ4v) is 3.55. The van der Waals surface area contributed by atoms with Crippen molar-refractivity contribution in [3.8, 4) is 0 Å². The molecule has 1 saturated carbocycles. The number of anilines is 1. The van der Waals surface area contributed by atoms with Crippen LogP contribution in [-0.4, -0.2) is 29.8 Å². The largest absolute Gasteiger partial charge is 0.339 e. The summed E-state index contributed by atoms with van der Waals surface area (Å²) in [5, 5.41) is 3.01. The van der Waals surface area contributed by atoms with Gasteiger partial charge in [-0.2, -0.15) is 0 Å². The number of hydrogen-bond acceptors (Lipinski definition) is 2. The Bertz CT molecular complexity index is 628. The van der Waals surface area contributed by atoms with Gasteiger partial charge in [-0.05, 0) is 50.7 Å². The summed E-state index contributed by atoms with van der Waals surface area (Å²) in [5.41, 5.74) is 1.78. The molecule has 3 rings (SSSR count). The molecule has 1 spiro atoms. The van der Waals surface area contributed by atoms with Crippen molar-refractivity contribution in [3.05, 3.63) is 42.0 Å². The molecule has 1 unspecified atom stereocenters. The highest BCUT2D eigenvalue weighted by molar-refractivity contribution is 5.95. The Balaban J connectivity index is 1.54. The molecule has 1 N–H and O–H groups in total. The second kappa shape index (κ2) is 6.19. The van der Waals surface area contributed by atoms with Crippen LogP contribution >= 0.6 is 0 Å². The summed E-state index contributed by atoms with van der Waals surface area (Å²) in [6, 6.07) is 9.60. The van der Waals surface area contributed by atoms with Gasteiger partial charge in [-0.25, -0.2) is 0 Å². The van der Waals surface area contributed by atoms with Crippen molar-refractivity contribution >= 4 is 17.5 Å². The van der Waals surface area contributed by atoms with Crippen LogP contribution in [0.3, 0.4) is 0 Å². The first-order chi connectivity index (χ1) is 11.1. The van der Waals surface area contributed by atoms with Gasteiger partial charge in [0, 0.05) is 30.3 Å². The Hall–Kier alpha value is -2.10. The highest BCUT2D eigenvalue weighted by Gasteiger charge is 2.58. The van der Waals surface area contributed by atoms with E-state index in [1.165, 1.54) is 0 Å². The van der Waals surface area contributed by atoms with Crippen molar-refractivity contribution in [2.75, 3.05) is 18.4 Å². The van der Waals surface area contributed by atoms with E-state index in [-0.39, 0.29) is 23.1 Å². The average molecular weight is 312 g/mol. The summed E-state index contributed by atoms with van der Waals surface area (Å²) in [4.78, 5) is 26.5. The van der Waals surface area contributed by atoms with Crippen molar-refractivity contribution in [1.82, 2.24) is 4.90 Å². The number of nitrogens with zero attached hydrogens (tertiary/aromatic N) is 1. The van der Waals surface area contributed by atoms with Crippen molar-refractivity contribution in [2.45, 2.75) is 33.1 Å². The maximum absolute atomic E-state index is 12.4. The summed E-state index contributed by atoms with van der Waals surface area (Å²) < 4.78 is 0. The Morgan fingerprint density at radius 3 is 2.48 bits per heavy atom. The molecule has 1 heterocycles. The van der Waals surface area contributed by atoms with Crippen LogP contribution in [0.15, 0.2) is 42.0 Å². The van der Waals surface area contributed by atoms with E-state index in [9.17, 15) is 9.59 Å². The first-order valence-corrected chi connectivity index (χ1v) is 8.34. The summed E-state index contributed by atoms with van der Waals surface area (Å²) >= 11 is 0. The number of rotatable bonds is 3. The molecule has 0 radical (unpaired) electrons. The van der Waals surface area contributed by atoms with Crippen LogP contribution in [0.25, 0.3) is 0 Å². The number of nitrogens with one attached hydrogen (secondary N) is 1. The van der Waals surface area contributed by atoms with Gasteiger partial charge in [-0.3, -0.25) is 9.59 Å². The molecule has 0 aromatic heterocycles. The topological polar surface area (TPSA) is 49.4 Å². The van der Waals surface area contributed by atoms with Crippen molar-refractivity contribution in [3.63, 3.8) is 0 Å². The number of carbonyl (C=O) groups excluding carboxylic acids is 2. The van der Waals surface area contributed by atoms with Gasteiger partial charge in [0.1, 0.15) is 0 Å². The standard InChI is InChI=1S/C19H24N2O2/c1-3-14(2)18(23)21-11-9-19(10-12-21)13-16(19)17(22)20-15-7-5-4-6-8-15/h3-8,16H,9-13H2,1-2H3,(H,20,22)/b14-3+. The second-order valence-corrected chi connectivity index (χ2v) is 6.74. The number of benzene rings is 1. The molecule has 2 amide bonds. The second-order valence-electron chi connectivity index (χ2n) is 6.74. The molecular weight excluding hydrogens is 288 g/mol. The lowest BCUT2D eigenvalue weighted by Gasteiger charge is -2.33. The van der Waals surface area contributed by atoms with Crippen molar-refractivity contribution in [1.29, 1.82) is 0 Å². The highest BCUT2D eigenvalue weighted by atomic mass is 16.2. The first kappa shape index (κ1) is 15.8. The Labute approximate surface area is 137 Å². The van der Waals surface area contributed by atoms with Crippen LogP contribution < -0.4 is 5.32 Å².